The summed E-state index contributed by atoms with van der Waals surface area (Å²) in [6.45, 7) is 0.537. The van der Waals surface area contributed by atoms with Crippen molar-refractivity contribution >= 4 is 0 Å². The summed E-state index contributed by atoms with van der Waals surface area (Å²) in [7, 11) is 3.40. The Labute approximate surface area is 282 Å². The number of aromatic nitrogens is 1. The van der Waals surface area contributed by atoms with E-state index < -0.39 is 30.3 Å². The topological polar surface area (TPSA) is 168 Å². The Morgan fingerprint density at radius 2 is 1.81 bits per heavy atom. The lowest BCUT2D eigenvalue weighted by Gasteiger charge is -2.46. The molecule has 1 aromatic heterocycles. The molecule has 2 saturated carbocycles. The molecule has 262 valence electrons. The van der Waals surface area contributed by atoms with Gasteiger partial charge in [-0.3, -0.25) is 0 Å². The summed E-state index contributed by atoms with van der Waals surface area (Å²) in [4.78, 5) is 3.05. The summed E-state index contributed by atoms with van der Waals surface area (Å²) >= 11 is 0. The number of phenolic OH excluding ortho intramolecular Hbond substituents is 2. The number of methoxy groups -OCH3 is 1. The van der Waals surface area contributed by atoms with Crippen molar-refractivity contribution in [2.45, 2.75) is 94.5 Å². The van der Waals surface area contributed by atoms with Crippen molar-refractivity contribution < 1.29 is 40.1 Å². The van der Waals surface area contributed by atoms with Crippen molar-refractivity contribution in [2.24, 2.45) is 17.8 Å². The van der Waals surface area contributed by atoms with Gasteiger partial charge in [0.25, 0.3) is 0 Å². The predicted molar refractivity (Wildman–Crippen MR) is 181 cm³/mol. The second-order valence-electron chi connectivity index (χ2n) is 14.2. The first-order chi connectivity index (χ1) is 23.3. The van der Waals surface area contributed by atoms with E-state index in [9.17, 15) is 30.6 Å². The molecule has 3 fully saturated rings. The molecule has 6 rings (SSSR count). The largest absolute Gasteiger partial charge is 0.508 e. The molecular formula is C38H52N2O8. The van der Waals surface area contributed by atoms with Gasteiger partial charge in [-0.1, -0.05) is 18.6 Å². The van der Waals surface area contributed by atoms with Crippen LogP contribution < -0.4 is 10.1 Å². The molecule has 8 atom stereocenters. The van der Waals surface area contributed by atoms with E-state index in [0.29, 0.717) is 29.9 Å². The Bertz CT molecular complexity index is 1530. The van der Waals surface area contributed by atoms with Crippen LogP contribution in [0.2, 0.25) is 0 Å². The maximum absolute atomic E-state index is 11.5. The van der Waals surface area contributed by atoms with Crippen LogP contribution in [0.4, 0.5) is 0 Å². The molecule has 3 aliphatic rings. The first kappa shape index (κ1) is 34.6. The first-order valence-electron chi connectivity index (χ1n) is 17.6. The summed E-state index contributed by atoms with van der Waals surface area (Å²) in [6, 6.07) is 7.85. The van der Waals surface area contributed by atoms with Crippen molar-refractivity contribution in [3.05, 3.63) is 70.0 Å². The van der Waals surface area contributed by atoms with Crippen LogP contribution >= 0.6 is 0 Å². The quantitative estimate of drug-likeness (QED) is 0.130. The number of fused-ring (bicyclic) bond motifs is 1. The molecule has 2 aliphatic carbocycles. The van der Waals surface area contributed by atoms with E-state index in [1.54, 1.807) is 12.3 Å². The Morgan fingerprint density at radius 3 is 2.52 bits per heavy atom. The number of phenols is 3. The average Bonchev–Trinajstić information content (AvgIpc) is 3.62. The zero-order valence-corrected chi connectivity index (χ0v) is 28.1. The van der Waals surface area contributed by atoms with Crippen LogP contribution in [-0.4, -0.2) is 75.1 Å². The predicted octanol–water partition coefficient (Wildman–Crippen LogP) is 5.10. The lowest BCUT2D eigenvalue weighted by atomic mass is 9.69. The Kier molecular flexibility index (Phi) is 10.9. The van der Waals surface area contributed by atoms with Gasteiger partial charge in [0.1, 0.15) is 5.75 Å². The molecule has 10 heteroatoms. The maximum atomic E-state index is 11.5. The number of ether oxygens (including phenoxy) is 2. The molecule has 2 heterocycles. The van der Waals surface area contributed by atoms with Gasteiger partial charge in [-0.25, -0.2) is 0 Å². The number of nitrogens with one attached hydrogen (secondary N) is 2. The number of H-pyrrole nitrogens is 1. The van der Waals surface area contributed by atoms with Crippen molar-refractivity contribution in [2.75, 3.05) is 27.3 Å². The molecule has 48 heavy (non-hydrogen) atoms. The van der Waals surface area contributed by atoms with Gasteiger partial charge in [0.05, 0.1) is 32.0 Å². The molecule has 2 aromatic carbocycles. The Balaban J connectivity index is 1.29. The number of aromatic hydroxyl groups is 3. The molecule has 3 aromatic rings. The van der Waals surface area contributed by atoms with Gasteiger partial charge >= 0.3 is 0 Å². The van der Waals surface area contributed by atoms with E-state index >= 15 is 0 Å². The van der Waals surface area contributed by atoms with E-state index in [1.807, 2.05) is 25.4 Å². The fourth-order valence-electron chi connectivity index (χ4n) is 8.99. The molecule has 0 radical (unpaired) electrons. The zero-order chi connectivity index (χ0) is 33.9. The molecule has 10 nitrogen and oxygen atoms in total. The highest BCUT2D eigenvalue weighted by Crippen LogP contribution is 2.53. The number of benzene rings is 2. The van der Waals surface area contributed by atoms with E-state index in [-0.39, 0.29) is 59.9 Å². The highest BCUT2D eigenvalue weighted by Gasteiger charge is 2.44. The van der Waals surface area contributed by atoms with Crippen LogP contribution in [0.3, 0.4) is 0 Å². The summed E-state index contributed by atoms with van der Waals surface area (Å²) in [5.74, 6) is 0.361. The minimum Gasteiger partial charge on any atom is -0.508 e. The second kappa shape index (κ2) is 15.1. The van der Waals surface area contributed by atoms with Crippen molar-refractivity contribution in [1.29, 1.82) is 0 Å². The van der Waals surface area contributed by atoms with Crippen LogP contribution in [0.25, 0.3) is 0 Å². The minimum absolute atomic E-state index is 0.0579. The molecular weight excluding hydrogens is 612 g/mol. The third-order valence-electron chi connectivity index (χ3n) is 11.6. The number of aliphatic hydroxyl groups is 3. The van der Waals surface area contributed by atoms with E-state index in [2.05, 4.69) is 16.4 Å². The van der Waals surface area contributed by atoms with E-state index in [1.165, 1.54) is 7.11 Å². The Hall–Kier alpha value is -3.28. The van der Waals surface area contributed by atoms with Gasteiger partial charge in [0.15, 0.2) is 11.5 Å². The SMILES string of the molecule is CNCCC1CCC(CO)C(c2cc(C3CCC4C(O)CC(c5c(CO)c(O)c(O)c(OC)c5Cc5cc[nH]c5)OC4C3)ccc2O)C1. The van der Waals surface area contributed by atoms with Crippen molar-refractivity contribution in [3.8, 4) is 23.0 Å². The average molecular weight is 665 g/mol. The van der Waals surface area contributed by atoms with E-state index in [4.69, 9.17) is 9.47 Å². The molecule has 1 aliphatic heterocycles. The minimum atomic E-state index is -0.652. The molecule has 1 saturated heterocycles. The first-order valence-corrected chi connectivity index (χ1v) is 17.6. The normalized spacial score (nSPS) is 29.0. The third-order valence-corrected chi connectivity index (χ3v) is 11.6. The summed E-state index contributed by atoms with van der Waals surface area (Å²) < 4.78 is 12.4. The van der Waals surface area contributed by atoms with Gasteiger partial charge in [0.2, 0.25) is 5.75 Å². The number of hydrogen-bond acceptors (Lipinski definition) is 9. The highest BCUT2D eigenvalue weighted by molar-refractivity contribution is 5.64. The number of aliphatic hydroxyl groups excluding tert-OH is 3. The number of rotatable bonds is 11. The maximum Gasteiger partial charge on any atom is 0.201 e. The third kappa shape index (κ3) is 6.78. The van der Waals surface area contributed by atoms with Crippen LogP contribution in [0.5, 0.6) is 23.0 Å². The van der Waals surface area contributed by atoms with E-state index in [0.717, 1.165) is 61.8 Å². The lowest BCUT2D eigenvalue weighted by Crippen LogP contribution is -2.44. The van der Waals surface area contributed by atoms with Crippen LogP contribution in [0.15, 0.2) is 36.7 Å². The molecule has 0 spiro atoms. The van der Waals surface area contributed by atoms with Crippen LogP contribution in [0.1, 0.15) is 103 Å². The van der Waals surface area contributed by atoms with Gasteiger partial charge in [0, 0.05) is 48.9 Å². The summed E-state index contributed by atoms with van der Waals surface area (Å²) in [5, 5.41) is 68.3. The molecule has 8 unspecified atom stereocenters. The van der Waals surface area contributed by atoms with Crippen molar-refractivity contribution in [3.63, 3.8) is 0 Å². The van der Waals surface area contributed by atoms with Crippen LogP contribution in [0, 0.1) is 17.8 Å². The molecule has 8 N–H and O–H groups in total. The highest BCUT2D eigenvalue weighted by atomic mass is 16.5. The monoisotopic (exact) mass is 664 g/mol. The smallest absolute Gasteiger partial charge is 0.201 e. The standard InChI is InChI=1S/C38H52N2O8/c1-39-11-9-21-3-4-25(19-41)27(13-21)28-15-23(6-8-31(28)43)24-5-7-26-32(44)17-34(48-33(26)16-24)35-29(14-22-10-12-40-18-22)38(47-2)37(46)36(45)30(35)20-42/h6,8,10,12,15,18,21,24-27,32-34,39-46H,3-5,7,9,11,13-14,16-17,19-20H2,1-2H3. The fraction of sp³-hybridized carbons (Fsp3) is 0.579. The van der Waals surface area contributed by atoms with Crippen LogP contribution in [-0.2, 0) is 17.8 Å². The van der Waals surface area contributed by atoms with Gasteiger partial charge < -0.3 is 50.4 Å². The van der Waals surface area contributed by atoms with Gasteiger partial charge in [-0.2, -0.15) is 0 Å². The van der Waals surface area contributed by atoms with Gasteiger partial charge in [-0.05, 0) is 110 Å². The molecule has 0 bridgehead atoms. The van der Waals surface area contributed by atoms with Crippen molar-refractivity contribution in [1.82, 2.24) is 10.3 Å². The summed E-state index contributed by atoms with van der Waals surface area (Å²) in [5.41, 5.74) is 4.28. The molecule has 0 amide bonds. The Morgan fingerprint density at radius 1 is 0.979 bits per heavy atom. The summed E-state index contributed by atoms with van der Waals surface area (Å²) in [6.07, 6.45) is 9.09. The second-order valence-corrected chi connectivity index (χ2v) is 14.2. The zero-order valence-electron chi connectivity index (χ0n) is 28.1. The number of hydrogen-bond donors (Lipinski definition) is 8. The fourth-order valence-corrected chi connectivity index (χ4v) is 8.99. The number of aromatic amines is 1. The van der Waals surface area contributed by atoms with Gasteiger partial charge in [-0.15, -0.1) is 0 Å². The lowest BCUT2D eigenvalue weighted by molar-refractivity contribution is -0.154.